The SMILES string of the molecule is N#CC1(NC2CC2)CCC(SC2CCCCC2)C1. The largest absolute Gasteiger partial charge is 0.297 e. The van der Waals surface area contributed by atoms with Crippen molar-refractivity contribution in [1.29, 1.82) is 5.26 Å². The third-order valence-corrected chi connectivity index (χ3v) is 6.32. The van der Waals surface area contributed by atoms with E-state index < -0.39 is 0 Å². The summed E-state index contributed by atoms with van der Waals surface area (Å²) in [4.78, 5) is 0. The Balaban J connectivity index is 1.51. The first-order chi connectivity index (χ1) is 8.80. The van der Waals surface area contributed by atoms with Gasteiger partial charge in [0.25, 0.3) is 0 Å². The summed E-state index contributed by atoms with van der Waals surface area (Å²) in [5, 5.41) is 14.7. The maximum Gasteiger partial charge on any atom is 0.108 e. The quantitative estimate of drug-likeness (QED) is 0.842. The standard InChI is InChI=1S/C15H24N2S/c16-11-15(17-12-6-7-12)9-8-14(10-15)18-13-4-2-1-3-5-13/h12-14,17H,1-10H2. The first-order valence-electron chi connectivity index (χ1n) is 7.64. The van der Waals surface area contributed by atoms with Crippen LogP contribution < -0.4 is 5.32 Å². The van der Waals surface area contributed by atoms with Crippen molar-refractivity contribution in [1.82, 2.24) is 5.32 Å². The topological polar surface area (TPSA) is 35.8 Å². The van der Waals surface area contributed by atoms with Gasteiger partial charge in [-0.15, -0.1) is 0 Å². The van der Waals surface area contributed by atoms with Crippen LogP contribution in [0.25, 0.3) is 0 Å². The van der Waals surface area contributed by atoms with E-state index in [1.807, 2.05) is 0 Å². The van der Waals surface area contributed by atoms with Crippen LogP contribution in [0.2, 0.25) is 0 Å². The molecule has 100 valence electrons. The van der Waals surface area contributed by atoms with Gasteiger partial charge in [-0.1, -0.05) is 19.3 Å². The molecule has 3 heteroatoms. The van der Waals surface area contributed by atoms with Crippen LogP contribution in [0, 0.1) is 11.3 Å². The van der Waals surface area contributed by atoms with Crippen LogP contribution in [0.5, 0.6) is 0 Å². The molecule has 3 fully saturated rings. The highest BCUT2D eigenvalue weighted by atomic mass is 32.2. The van der Waals surface area contributed by atoms with E-state index in [4.69, 9.17) is 0 Å². The normalized spacial score (nSPS) is 37.6. The van der Waals surface area contributed by atoms with Crippen LogP contribution >= 0.6 is 11.8 Å². The Hall–Kier alpha value is -0.200. The van der Waals surface area contributed by atoms with E-state index in [-0.39, 0.29) is 5.54 Å². The Kier molecular flexibility index (Phi) is 3.86. The van der Waals surface area contributed by atoms with Crippen LogP contribution in [0.4, 0.5) is 0 Å². The van der Waals surface area contributed by atoms with Gasteiger partial charge in [-0.05, 0) is 44.9 Å². The highest BCUT2D eigenvalue weighted by Crippen LogP contribution is 2.42. The van der Waals surface area contributed by atoms with E-state index >= 15 is 0 Å². The van der Waals surface area contributed by atoms with E-state index in [1.165, 1.54) is 51.4 Å². The maximum atomic E-state index is 9.50. The van der Waals surface area contributed by atoms with E-state index in [0.29, 0.717) is 6.04 Å². The number of nitrogens with one attached hydrogen (secondary N) is 1. The molecule has 0 amide bonds. The van der Waals surface area contributed by atoms with Crippen molar-refractivity contribution in [3.63, 3.8) is 0 Å². The van der Waals surface area contributed by atoms with Gasteiger partial charge in [0.15, 0.2) is 0 Å². The van der Waals surface area contributed by atoms with Crippen molar-refractivity contribution in [2.45, 2.75) is 86.3 Å². The lowest BCUT2D eigenvalue weighted by molar-refractivity contribution is 0.420. The number of nitriles is 1. The third kappa shape index (κ3) is 3.03. The fourth-order valence-corrected chi connectivity index (χ4v) is 5.26. The Labute approximate surface area is 115 Å². The summed E-state index contributed by atoms with van der Waals surface area (Å²) in [6.45, 7) is 0. The van der Waals surface area contributed by atoms with Crippen LogP contribution in [-0.2, 0) is 0 Å². The molecule has 0 bridgehead atoms. The van der Waals surface area contributed by atoms with E-state index in [9.17, 15) is 5.26 Å². The first kappa shape index (κ1) is 12.8. The molecule has 1 N–H and O–H groups in total. The molecule has 0 aromatic rings. The number of nitrogens with zero attached hydrogens (tertiary/aromatic N) is 1. The molecule has 3 rings (SSSR count). The van der Waals surface area contributed by atoms with Crippen molar-refractivity contribution in [2.75, 3.05) is 0 Å². The minimum Gasteiger partial charge on any atom is -0.297 e. The van der Waals surface area contributed by atoms with Crippen molar-refractivity contribution < 1.29 is 0 Å². The van der Waals surface area contributed by atoms with E-state index in [0.717, 1.165) is 23.3 Å². The molecule has 0 spiro atoms. The molecule has 3 aliphatic carbocycles. The summed E-state index contributed by atoms with van der Waals surface area (Å²) < 4.78 is 0. The van der Waals surface area contributed by atoms with Gasteiger partial charge >= 0.3 is 0 Å². The summed E-state index contributed by atoms with van der Waals surface area (Å²) in [7, 11) is 0. The summed E-state index contributed by atoms with van der Waals surface area (Å²) in [5.41, 5.74) is -0.173. The van der Waals surface area contributed by atoms with Gasteiger partial charge in [-0.25, -0.2) is 0 Å². The molecule has 0 saturated heterocycles. The predicted molar refractivity (Wildman–Crippen MR) is 76.6 cm³/mol. The van der Waals surface area contributed by atoms with Crippen molar-refractivity contribution in [3.05, 3.63) is 0 Å². The molecular weight excluding hydrogens is 240 g/mol. The number of hydrogen-bond acceptors (Lipinski definition) is 3. The van der Waals surface area contributed by atoms with Gasteiger partial charge in [0.05, 0.1) is 6.07 Å². The maximum absolute atomic E-state index is 9.50. The molecule has 2 nitrogen and oxygen atoms in total. The first-order valence-corrected chi connectivity index (χ1v) is 8.58. The summed E-state index contributed by atoms with van der Waals surface area (Å²) in [6, 6.07) is 3.25. The second-order valence-electron chi connectivity index (χ2n) is 6.37. The van der Waals surface area contributed by atoms with Crippen LogP contribution in [0.1, 0.15) is 64.2 Å². The van der Waals surface area contributed by atoms with Gasteiger partial charge < -0.3 is 0 Å². The Bertz CT molecular complexity index is 328. The van der Waals surface area contributed by atoms with Gasteiger partial charge in [-0.3, -0.25) is 5.32 Å². The molecule has 18 heavy (non-hydrogen) atoms. The summed E-state index contributed by atoms with van der Waals surface area (Å²) >= 11 is 2.20. The third-order valence-electron chi connectivity index (χ3n) is 4.68. The Morgan fingerprint density at radius 1 is 1.00 bits per heavy atom. The number of rotatable bonds is 4. The van der Waals surface area contributed by atoms with Crippen LogP contribution in [-0.4, -0.2) is 22.1 Å². The fourth-order valence-electron chi connectivity index (χ4n) is 3.47. The molecule has 0 radical (unpaired) electrons. The van der Waals surface area contributed by atoms with Gasteiger partial charge in [-0.2, -0.15) is 17.0 Å². The average molecular weight is 264 g/mol. The van der Waals surface area contributed by atoms with Gasteiger partial charge in [0, 0.05) is 16.5 Å². The van der Waals surface area contributed by atoms with Crippen molar-refractivity contribution >= 4 is 11.8 Å². The second-order valence-corrected chi connectivity index (χ2v) is 7.98. The highest BCUT2D eigenvalue weighted by Gasteiger charge is 2.43. The minimum absolute atomic E-state index is 0.173. The van der Waals surface area contributed by atoms with Crippen LogP contribution in [0.15, 0.2) is 0 Å². The number of thioether (sulfide) groups is 1. The van der Waals surface area contributed by atoms with Gasteiger partial charge in [0.2, 0.25) is 0 Å². The average Bonchev–Trinajstić information content (AvgIpc) is 3.12. The highest BCUT2D eigenvalue weighted by molar-refractivity contribution is 8.00. The molecule has 2 unspecified atom stereocenters. The van der Waals surface area contributed by atoms with Gasteiger partial charge in [0.1, 0.15) is 5.54 Å². The number of hydrogen-bond donors (Lipinski definition) is 1. The zero-order valence-corrected chi connectivity index (χ0v) is 12.0. The van der Waals surface area contributed by atoms with Crippen molar-refractivity contribution in [2.24, 2.45) is 0 Å². The fraction of sp³-hybridized carbons (Fsp3) is 0.933. The summed E-state index contributed by atoms with van der Waals surface area (Å²) in [5.74, 6) is 0. The molecule has 3 aliphatic rings. The Morgan fingerprint density at radius 3 is 2.44 bits per heavy atom. The molecule has 0 aliphatic heterocycles. The molecule has 0 aromatic heterocycles. The van der Waals surface area contributed by atoms with Crippen molar-refractivity contribution in [3.8, 4) is 6.07 Å². The molecule has 2 atom stereocenters. The lowest BCUT2D eigenvalue weighted by atomic mass is 10.00. The minimum atomic E-state index is -0.173. The van der Waals surface area contributed by atoms with E-state index in [1.54, 1.807) is 0 Å². The smallest absolute Gasteiger partial charge is 0.108 e. The zero-order chi connectivity index (χ0) is 12.4. The molecule has 3 saturated carbocycles. The molecule has 0 heterocycles. The molecule has 0 aromatic carbocycles. The monoisotopic (exact) mass is 264 g/mol. The summed E-state index contributed by atoms with van der Waals surface area (Å²) in [6.07, 6.45) is 13.1. The lowest BCUT2D eigenvalue weighted by Crippen LogP contribution is -2.43. The predicted octanol–water partition coefficient (Wildman–Crippen LogP) is 3.62. The molecular formula is C15H24N2S. The lowest BCUT2D eigenvalue weighted by Gasteiger charge is -2.26. The Morgan fingerprint density at radius 2 is 1.78 bits per heavy atom. The second kappa shape index (κ2) is 5.43. The van der Waals surface area contributed by atoms with Crippen LogP contribution in [0.3, 0.4) is 0 Å². The van der Waals surface area contributed by atoms with E-state index in [2.05, 4.69) is 23.1 Å². The zero-order valence-electron chi connectivity index (χ0n) is 11.2.